The first-order valence-electron chi connectivity index (χ1n) is 8.56. The molecule has 1 N–H and O–H groups in total. The summed E-state index contributed by atoms with van der Waals surface area (Å²) in [4.78, 5) is 14.0. The van der Waals surface area contributed by atoms with E-state index >= 15 is 0 Å². The minimum atomic E-state index is -0.171. The molecular weight excluding hydrogens is 356 g/mol. The zero-order valence-corrected chi connectivity index (χ0v) is 15.6. The quantitative estimate of drug-likeness (QED) is 0.571. The Morgan fingerprint density at radius 2 is 1.70 bits per heavy atom. The smallest absolute Gasteiger partial charge is 0.252 e. The Labute approximate surface area is 161 Å². The monoisotopic (exact) mass is 374 g/mol. The minimum absolute atomic E-state index is 0.107. The van der Waals surface area contributed by atoms with Crippen LogP contribution in [0.1, 0.15) is 32.4 Å². The number of hydrogen-bond donors (Lipinski definition) is 1. The Morgan fingerprint density at radius 3 is 2.33 bits per heavy atom. The molecule has 0 bridgehead atoms. The van der Waals surface area contributed by atoms with Crippen molar-refractivity contribution in [3.63, 3.8) is 0 Å². The van der Waals surface area contributed by atoms with Crippen LogP contribution in [0.15, 0.2) is 78.7 Å². The predicted molar refractivity (Wildman–Crippen MR) is 106 cm³/mol. The number of thiophene rings is 1. The van der Waals surface area contributed by atoms with Crippen LogP contribution in [0.2, 0.25) is 0 Å². The molecule has 0 saturated heterocycles. The largest absolute Gasteiger partial charge is 0.340 e. The van der Waals surface area contributed by atoms with Gasteiger partial charge in [-0.25, -0.2) is 0 Å². The number of carbonyl (C=O) groups excluding carboxylic acids is 1. The standard InChI is InChI=1S/C21H18N4OS/c1-15-4-6-16(7-5-15)20(19-3-2-12-27-19)24-21(26)17-8-10-18(11-9-17)25-13-22-23-14-25/h2-14,20H,1H3,(H,24,26)/t20-/m1/s1. The van der Waals surface area contributed by atoms with Gasteiger partial charge >= 0.3 is 0 Å². The molecule has 0 radical (unpaired) electrons. The van der Waals surface area contributed by atoms with Crippen LogP contribution < -0.4 is 5.32 Å². The third-order valence-corrected chi connectivity index (χ3v) is 5.30. The first-order valence-corrected chi connectivity index (χ1v) is 9.44. The molecule has 2 heterocycles. The van der Waals surface area contributed by atoms with Crippen LogP contribution in [0.3, 0.4) is 0 Å². The van der Waals surface area contributed by atoms with E-state index in [1.807, 2.05) is 41.8 Å². The van der Waals surface area contributed by atoms with Gasteiger partial charge in [0.2, 0.25) is 0 Å². The van der Waals surface area contributed by atoms with Gasteiger partial charge in [-0.3, -0.25) is 9.36 Å². The maximum atomic E-state index is 12.9. The van der Waals surface area contributed by atoms with E-state index in [1.165, 1.54) is 5.56 Å². The molecule has 4 rings (SSSR count). The second-order valence-electron chi connectivity index (χ2n) is 6.25. The Hall–Kier alpha value is -3.25. The number of rotatable bonds is 5. The molecule has 0 aliphatic carbocycles. The van der Waals surface area contributed by atoms with Gasteiger partial charge < -0.3 is 5.32 Å². The summed E-state index contributed by atoms with van der Waals surface area (Å²) in [5, 5.41) is 12.8. The molecule has 0 saturated carbocycles. The summed E-state index contributed by atoms with van der Waals surface area (Å²) in [6.07, 6.45) is 3.25. The van der Waals surface area contributed by atoms with Crippen LogP contribution in [-0.2, 0) is 0 Å². The average molecular weight is 374 g/mol. The van der Waals surface area contributed by atoms with Crippen molar-refractivity contribution in [3.05, 3.63) is 100 Å². The lowest BCUT2D eigenvalue weighted by Crippen LogP contribution is -2.28. The topological polar surface area (TPSA) is 59.8 Å². The van der Waals surface area contributed by atoms with Gasteiger partial charge in [0.25, 0.3) is 5.91 Å². The lowest BCUT2D eigenvalue weighted by atomic mass is 10.0. The molecule has 1 atom stereocenters. The Kier molecular flexibility index (Phi) is 4.80. The van der Waals surface area contributed by atoms with E-state index in [4.69, 9.17) is 0 Å². The molecule has 0 aliphatic heterocycles. The number of benzene rings is 2. The summed E-state index contributed by atoms with van der Waals surface area (Å²) in [5.74, 6) is -0.107. The third kappa shape index (κ3) is 3.80. The number of nitrogens with one attached hydrogen (secondary N) is 1. The molecule has 0 fully saturated rings. The van der Waals surface area contributed by atoms with Gasteiger partial charge in [0.1, 0.15) is 12.7 Å². The normalized spacial score (nSPS) is 11.9. The SMILES string of the molecule is Cc1ccc([C@@H](NC(=O)c2ccc(-n3cnnc3)cc2)c2cccs2)cc1. The second-order valence-corrected chi connectivity index (χ2v) is 7.23. The molecule has 2 aromatic heterocycles. The van der Waals surface area contributed by atoms with Crippen LogP contribution in [0.5, 0.6) is 0 Å². The van der Waals surface area contributed by atoms with E-state index < -0.39 is 0 Å². The van der Waals surface area contributed by atoms with E-state index in [0.29, 0.717) is 5.56 Å². The zero-order chi connectivity index (χ0) is 18.6. The van der Waals surface area contributed by atoms with Crippen LogP contribution in [-0.4, -0.2) is 20.7 Å². The van der Waals surface area contributed by atoms with Gasteiger partial charge in [0.05, 0.1) is 6.04 Å². The Morgan fingerprint density at radius 1 is 1.00 bits per heavy atom. The molecule has 6 heteroatoms. The molecule has 27 heavy (non-hydrogen) atoms. The van der Waals surface area contributed by atoms with Crippen molar-refractivity contribution >= 4 is 17.2 Å². The summed E-state index contributed by atoms with van der Waals surface area (Å²) in [7, 11) is 0. The lowest BCUT2D eigenvalue weighted by Gasteiger charge is -2.18. The number of hydrogen-bond acceptors (Lipinski definition) is 4. The number of aryl methyl sites for hydroxylation is 1. The van der Waals surface area contributed by atoms with Crippen LogP contribution >= 0.6 is 11.3 Å². The maximum Gasteiger partial charge on any atom is 0.252 e. The molecule has 134 valence electrons. The molecule has 1 amide bonds. The van der Waals surface area contributed by atoms with Crippen molar-refractivity contribution in [2.75, 3.05) is 0 Å². The molecular formula is C21H18N4OS. The van der Waals surface area contributed by atoms with Crippen molar-refractivity contribution in [2.45, 2.75) is 13.0 Å². The highest BCUT2D eigenvalue weighted by molar-refractivity contribution is 7.10. The highest BCUT2D eigenvalue weighted by Crippen LogP contribution is 2.27. The summed E-state index contributed by atoms with van der Waals surface area (Å²) in [6.45, 7) is 2.06. The number of amides is 1. The van der Waals surface area contributed by atoms with Gasteiger partial charge in [-0.15, -0.1) is 21.5 Å². The van der Waals surface area contributed by atoms with Gasteiger partial charge in [-0.2, -0.15) is 0 Å². The average Bonchev–Trinajstić information content (AvgIpc) is 3.41. The van der Waals surface area contributed by atoms with E-state index in [2.05, 4.69) is 46.7 Å². The zero-order valence-electron chi connectivity index (χ0n) is 14.7. The van der Waals surface area contributed by atoms with Gasteiger partial charge in [0, 0.05) is 16.1 Å². The highest BCUT2D eigenvalue weighted by Gasteiger charge is 2.18. The van der Waals surface area contributed by atoms with E-state index in [0.717, 1.165) is 16.1 Å². The fraction of sp³-hybridized carbons (Fsp3) is 0.0952. The first kappa shape index (κ1) is 17.2. The fourth-order valence-corrected chi connectivity index (χ4v) is 3.67. The molecule has 0 unspecified atom stereocenters. The van der Waals surface area contributed by atoms with Gasteiger partial charge in [-0.1, -0.05) is 35.9 Å². The highest BCUT2D eigenvalue weighted by atomic mass is 32.1. The molecule has 2 aromatic carbocycles. The predicted octanol–water partition coefficient (Wildman–Crippen LogP) is 4.16. The lowest BCUT2D eigenvalue weighted by molar-refractivity contribution is 0.0943. The molecule has 4 aromatic rings. The molecule has 5 nitrogen and oxygen atoms in total. The molecule has 0 aliphatic rings. The van der Waals surface area contributed by atoms with Crippen molar-refractivity contribution in [1.29, 1.82) is 0 Å². The van der Waals surface area contributed by atoms with Crippen LogP contribution in [0.4, 0.5) is 0 Å². The van der Waals surface area contributed by atoms with E-state index in [9.17, 15) is 4.79 Å². The van der Waals surface area contributed by atoms with Gasteiger partial charge in [0.15, 0.2) is 0 Å². The van der Waals surface area contributed by atoms with Gasteiger partial charge in [-0.05, 0) is 48.2 Å². The summed E-state index contributed by atoms with van der Waals surface area (Å²) in [5.41, 5.74) is 3.78. The Balaban J connectivity index is 1.57. The Bertz CT molecular complexity index is 1010. The first-order chi connectivity index (χ1) is 13.2. The van der Waals surface area contributed by atoms with Crippen LogP contribution in [0.25, 0.3) is 5.69 Å². The third-order valence-electron chi connectivity index (χ3n) is 4.36. The van der Waals surface area contributed by atoms with Crippen molar-refractivity contribution in [2.24, 2.45) is 0 Å². The van der Waals surface area contributed by atoms with Crippen molar-refractivity contribution in [1.82, 2.24) is 20.1 Å². The van der Waals surface area contributed by atoms with Crippen LogP contribution in [0, 0.1) is 6.92 Å². The summed E-state index contributed by atoms with van der Waals surface area (Å²) >= 11 is 1.64. The van der Waals surface area contributed by atoms with Crippen molar-refractivity contribution in [3.8, 4) is 5.69 Å². The maximum absolute atomic E-state index is 12.9. The molecule has 0 spiro atoms. The summed E-state index contributed by atoms with van der Waals surface area (Å²) < 4.78 is 1.79. The number of carbonyl (C=O) groups is 1. The fourth-order valence-electron chi connectivity index (χ4n) is 2.87. The van der Waals surface area contributed by atoms with Crippen molar-refractivity contribution < 1.29 is 4.79 Å². The number of nitrogens with zero attached hydrogens (tertiary/aromatic N) is 3. The van der Waals surface area contributed by atoms with E-state index in [1.54, 1.807) is 28.6 Å². The minimum Gasteiger partial charge on any atom is -0.340 e. The number of aromatic nitrogens is 3. The summed E-state index contributed by atoms with van der Waals surface area (Å²) in [6, 6.07) is 19.5. The van der Waals surface area contributed by atoms with E-state index in [-0.39, 0.29) is 11.9 Å². The second kappa shape index (κ2) is 7.55.